The van der Waals surface area contributed by atoms with Gasteiger partial charge in [-0.2, -0.15) is 0 Å². The molecule has 258 valence electrons. The van der Waals surface area contributed by atoms with Crippen LogP contribution in [0.3, 0.4) is 0 Å². The first kappa shape index (κ1) is 34.4. The van der Waals surface area contributed by atoms with Gasteiger partial charge in [-0.05, 0) is 74.5 Å². The number of ketones is 1. The average molecular weight is 678 g/mol. The molecule has 0 bridgehead atoms. The molecule has 2 aliphatic rings. The largest absolute Gasteiger partial charge is 0.453 e. The number of aromatic nitrogens is 2. The molecule has 3 aromatic carbocycles. The number of nitrogens with one attached hydrogen (secondary N) is 4. The first-order valence-electron chi connectivity index (χ1n) is 16.8. The molecule has 4 N–H and O–H groups in total. The minimum atomic E-state index is -1.03. The first-order valence-corrected chi connectivity index (χ1v) is 16.8. The van der Waals surface area contributed by atoms with Gasteiger partial charge in [0, 0.05) is 23.4 Å². The predicted octanol–water partition coefficient (Wildman–Crippen LogP) is 3.20. The number of alkyl carbamates (subject to hydrolysis) is 1. The number of imidazole rings is 1. The van der Waals surface area contributed by atoms with Gasteiger partial charge in [0.05, 0.1) is 30.7 Å². The molecule has 14 heteroatoms. The third-order valence-electron chi connectivity index (χ3n) is 9.49. The van der Waals surface area contributed by atoms with Crippen LogP contribution >= 0.6 is 0 Å². The van der Waals surface area contributed by atoms with Crippen LogP contribution in [0.4, 0.5) is 10.5 Å². The van der Waals surface area contributed by atoms with Crippen LogP contribution in [-0.4, -0.2) is 90.0 Å². The molecule has 13 nitrogen and oxygen atoms in total. The van der Waals surface area contributed by atoms with Crippen LogP contribution in [0.1, 0.15) is 75.4 Å². The number of carbonyl (C=O) groups excluding carboxylic acids is 5. The summed E-state index contributed by atoms with van der Waals surface area (Å²) in [6, 6.07) is 17.4. The maximum Gasteiger partial charge on any atom is 0.407 e. The Balaban J connectivity index is 1.09. The van der Waals surface area contributed by atoms with Gasteiger partial charge in [-0.15, -0.1) is 0 Å². The van der Waals surface area contributed by atoms with Crippen molar-refractivity contribution >= 4 is 54.3 Å². The monoisotopic (exact) mass is 677 g/mol. The molecule has 0 unspecified atom stereocenters. The minimum absolute atomic E-state index is 0.225. The van der Waals surface area contributed by atoms with Crippen molar-refractivity contribution in [3.8, 4) is 0 Å². The summed E-state index contributed by atoms with van der Waals surface area (Å²) in [7, 11) is 3.29. The lowest BCUT2D eigenvalue weighted by Gasteiger charge is -2.29. The summed E-state index contributed by atoms with van der Waals surface area (Å²) in [4.78, 5) is 77.5. The fraction of sp³-hybridized carbons (Fsp3) is 0.333. The van der Waals surface area contributed by atoms with E-state index in [1.54, 1.807) is 67.6 Å². The fourth-order valence-electron chi connectivity index (χ4n) is 6.67. The van der Waals surface area contributed by atoms with Gasteiger partial charge in [-0.3, -0.25) is 19.2 Å². The second kappa shape index (κ2) is 15.0. The Labute approximate surface area is 290 Å². The molecular formula is C36H40BN7O6. The van der Waals surface area contributed by atoms with E-state index in [0.29, 0.717) is 47.3 Å². The number of hydrogen-bond donors (Lipinski definition) is 4. The molecule has 3 heterocycles. The first-order chi connectivity index (χ1) is 24.1. The Bertz CT molecular complexity index is 1930. The van der Waals surface area contributed by atoms with Crippen molar-refractivity contribution < 1.29 is 28.7 Å². The van der Waals surface area contributed by atoms with Crippen molar-refractivity contribution in [2.24, 2.45) is 0 Å². The SMILES string of the molecule is BN1CCC[C@H]1c1nc2cc(C(=O)NCC(=O)c3ccc(C)c(NC(=O)[C@@H]4CCCN4C(=O)[C@H](NC(=O)OC)c4ccccc4)c3)ccc2[nH]1. The Morgan fingerprint density at radius 1 is 0.980 bits per heavy atom. The standard InChI is InChI=1S/C36H40BN7O6/c1-21-12-13-23(30(45)20-38-33(46)24-14-15-25-27(19-24)40-32(39-25)28-10-7-17-44(28)37)18-26(21)41-34(47)29-11-6-16-43(29)35(48)31(42-36(49)50-2)22-8-4-3-5-9-22/h3-5,8-9,12-15,18-19,28-29,31H,6-7,10-11,16-17,20,37H2,1-2H3,(H,38,46)(H,39,40)(H,41,47)(H,42,49)/t28-,29-,31+/m0/s1. The number of aryl methyl sites for hydroxylation is 1. The number of likely N-dealkylation sites (tertiary alicyclic amines) is 1. The van der Waals surface area contributed by atoms with E-state index in [9.17, 15) is 24.0 Å². The van der Waals surface area contributed by atoms with Gasteiger partial charge >= 0.3 is 6.09 Å². The van der Waals surface area contributed by atoms with E-state index in [2.05, 4.69) is 33.7 Å². The van der Waals surface area contributed by atoms with Crippen molar-refractivity contribution in [3.63, 3.8) is 0 Å². The molecule has 3 atom stereocenters. The van der Waals surface area contributed by atoms with Crippen LogP contribution in [0.5, 0.6) is 0 Å². The second-order valence-electron chi connectivity index (χ2n) is 12.8. The zero-order valence-corrected chi connectivity index (χ0v) is 28.3. The summed E-state index contributed by atoms with van der Waals surface area (Å²) in [6.07, 6.45) is 2.42. The molecule has 0 spiro atoms. The number of anilines is 1. The molecule has 2 saturated heterocycles. The van der Waals surface area contributed by atoms with E-state index in [-0.39, 0.29) is 18.4 Å². The van der Waals surface area contributed by atoms with Crippen molar-refractivity contribution in [1.29, 1.82) is 0 Å². The van der Waals surface area contributed by atoms with Crippen LogP contribution < -0.4 is 16.0 Å². The number of benzene rings is 3. The van der Waals surface area contributed by atoms with E-state index < -0.39 is 35.9 Å². The molecule has 0 radical (unpaired) electrons. The van der Waals surface area contributed by atoms with Crippen LogP contribution in [0, 0.1) is 6.92 Å². The van der Waals surface area contributed by atoms with Crippen molar-refractivity contribution in [3.05, 3.63) is 94.8 Å². The Morgan fingerprint density at radius 3 is 2.48 bits per heavy atom. The van der Waals surface area contributed by atoms with Crippen LogP contribution in [-0.2, 0) is 14.3 Å². The maximum absolute atomic E-state index is 13.7. The summed E-state index contributed by atoms with van der Waals surface area (Å²) >= 11 is 0. The summed E-state index contributed by atoms with van der Waals surface area (Å²) in [6.45, 7) is 2.92. The number of H-pyrrole nitrogens is 1. The second-order valence-corrected chi connectivity index (χ2v) is 12.8. The summed E-state index contributed by atoms with van der Waals surface area (Å²) in [5.74, 6) is -0.681. The smallest absolute Gasteiger partial charge is 0.407 e. The number of fused-ring (bicyclic) bond motifs is 1. The number of rotatable bonds is 10. The molecule has 4 amide bonds. The average Bonchev–Trinajstić information content (AvgIpc) is 3.89. The van der Waals surface area contributed by atoms with Gasteiger partial charge in [0.25, 0.3) is 11.8 Å². The lowest BCUT2D eigenvalue weighted by Crippen LogP contribution is -2.48. The zero-order valence-electron chi connectivity index (χ0n) is 28.3. The fourth-order valence-corrected chi connectivity index (χ4v) is 6.67. The highest BCUT2D eigenvalue weighted by atomic mass is 16.5. The molecule has 0 aliphatic carbocycles. The topological polar surface area (TPSA) is 166 Å². The molecule has 6 rings (SSSR count). The van der Waals surface area contributed by atoms with Crippen molar-refractivity contribution in [2.75, 3.05) is 32.1 Å². The van der Waals surface area contributed by atoms with Crippen molar-refractivity contribution in [2.45, 2.75) is 50.7 Å². The van der Waals surface area contributed by atoms with Gasteiger partial charge in [-0.1, -0.05) is 42.5 Å². The van der Waals surface area contributed by atoms with Gasteiger partial charge in [-0.25, -0.2) is 9.78 Å². The number of Topliss-reactive ketones (excluding diaryl/α,β-unsaturated/α-hetero) is 1. The Morgan fingerprint density at radius 2 is 1.74 bits per heavy atom. The molecule has 50 heavy (non-hydrogen) atoms. The molecule has 2 aliphatic heterocycles. The lowest BCUT2D eigenvalue weighted by atomic mass is 10.0. The highest BCUT2D eigenvalue weighted by Crippen LogP contribution is 2.30. The van der Waals surface area contributed by atoms with Gasteiger partial charge < -0.3 is 35.4 Å². The molecule has 4 aromatic rings. The number of nitrogens with zero attached hydrogens (tertiary/aromatic N) is 3. The van der Waals surface area contributed by atoms with E-state index in [4.69, 9.17) is 9.72 Å². The van der Waals surface area contributed by atoms with Crippen LogP contribution in [0.25, 0.3) is 11.0 Å². The summed E-state index contributed by atoms with van der Waals surface area (Å²) < 4.78 is 4.74. The summed E-state index contributed by atoms with van der Waals surface area (Å²) in [5, 5.41) is 8.19. The van der Waals surface area contributed by atoms with Gasteiger partial charge in [0.1, 0.15) is 17.9 Å². The Hall–Kier alpha value is -5.50. The number of hydrogen-bond acceptors (Lipinski definition) is 8. The number of ether oxygens (including phenoxy) is 1. The van der Waals surface area contributed by atoms with Crippen molar-refractivity contribution in [1.82, 2.24) is 30.3 Å². The van der Waals surface area contributed by atoms with E-state index in [1.165, 1.54) is 12.0 Å². The maximum atomic E-state index is 13.7. The van der Waals surface area contributed by atoms with Gasteiger partial charge in [0.15, 0.2) is 13.8 Å². The van der Waals surface area contributed by atoms with Crippen LogP contribution in [0.15, 0.2) is 66.7 Å². The minimum Gasteiger partial charge on any atom is -0.453 e. The molecule has 0 saturated carbocycles. The van der Waals surface area contributed by atoms with E-state index in [1.807, 2.05) is 6.07 Å². The predicted molar refractivity (Wildman–Crippen MR) is 189 cm³/mol. The lowest BCUT2D eigenvalue weighted by molar-refractivity contribution is -0.138. The van der Waals surface area contributed by atoms with E-state index >= 15 is 0 Å². The molecular weight excluding hydrogens is 637 g/mol. The third-order valence-corrected chi connectivity index (χ3v) is 9.49. The number of amides is 4. The zero-order chi connectivity index (χ0) is 35.4. The summed E-state index contributed by atoms with van der Waals surface area (Å²) in [5.41, 5.74) is 3.95. The highest BCUT2D eigenvalue weighted by Gasteiger charge is 2.38. The quantitative estimate of drug-likeness (QED) is 0.147. The molecule has 2 fully saturated rings. The number of methoxy groups -OCH3 is 1. The number of aromatic amines is 1. The number of carbonyl (C=O) groups is 5. The normalized spacial score (nSPS) is 18.1. The Kier molecular flexibility index (Phi) is 10.3. The third kappa shape index (κ3) is 7.40. The highest BCUT2D eigenvalue weighted by molar-refractivity contribution is 6.05. The van der Waals surface area contributed by atoms with Gasteiger partial charge in [0.2, 0.25) is 5.91 Å². The van der Waals surface area contributed by atoms with E-state index in [0.717, 1.165) is 36.3 Å². The van der Waals surface area contributed by atoms with Crippen LogP contribution in [0.2, 0.25) is 0 Å². The molecule has 1 aromatic heterocycles.